The van der Waals surface area contributed by atoms with Gasteiger partial charge in [0.1, 0.15) is 4.60 Å². The third-order valence-electron chi connectivity index (χ3n) is 1.27. The van der Waals surface area contributed by atoms with Crippen molar-refractivity contribution in [2.24, 2.45) is 0 Å². The Labute approximate surface area is 94.0 Å². The lowest BCUT2D eigenvalue weighted by molar-refractivity contribution is 0.910. The SMILES string of the molecule is CC(CCCl)Sc1nc(Br)cs1. The molecule has 68 valence electrons. The standard InChI is InChI=1S/C7H9BrClNS2/c1-5(2-3-9)12-7-10-6(8)4-11-7/h4-5H,2-3H2,1H3. The first-order chi connectivity index (χ1) is 5.72. The molecule has 0 radical (unpaired) electrons. The molecule has 0 saturated heterocycles. The van der Waals surface area contributed by atoms with Crippen LogP contribution in [0, 0.1) is 0 Å². The molecule has 1 aromatic rings. The summed E-state index contributed by atoms with van der Waals surface area (Å²) < 4.78 is 2.03. The predicted octanol–water partition coefficient (Wildman–Crippen LogP) is 4.02. The van der Waals surface area contributed by atoms with E-state index in [2.05, 4.69) is 27.8 Å². The van der Waals surface area contributed by atoms with Crippen LogP contribution < -0.4 is 0 Å². The van der Waals surface area contributed by atoms with Crippen LogP contribution in [-0.4, -0.2) is 16.1 Å². The highest BCUT2D eigenvalue weighted by molar-refractivity contribution is 9.10. The van der Waals surface area contributed by atoms with Gasteiger partial charge in [0.05, 0.1) is 0 Å². The van der Waals surface area contributed by atoms with Crippen LogP contribution in [-0.2, 0) is 0 Å². The van der Waals surface area contributed by atoms with Crippen molar-refractivity contribution >= 4 is 50.6 Å². The van der Waals surface area contributed by atoms with E-state index in [9.17, 15) is 0 Å². The third kappa shape index (κ3) is 3.64. The molecule has 0 amide bonds. The van der Waals surface area contributed by atoms with Crippen molar-refractivity contribution in [1.29, 1.82) is 0 Å². The molecule has 0 N–H and O–H groups in total. The van der Waals surface area contributed by atoms with E-state index in [4.69, 9.17) is 11.6 Å². The third-order valence-corrected chi connectivity index (χ3v) is 4.34. The van der Waals surface area contributed by atoms with E-state index in [0.717, 1.165) is 21.2 Å². The summed E-state index contributed by atoms with van der Waals surface area (Å²) in [5, 5.41) is 2.55. The van der Waals surface area contributed by atoms with E-state index in [0.29, 0.717) is 5.25 Å². The Hall–Kier alpha value is 0.750. The Morgan fingerprint density at radius 1 is 1.83 bits per heavy atom. The van der Waals surface area contributed by atoms with Crippen LogP contribution in [0.3, 0.4) is 0 Å². The van der Waals surface area contributed by atoms with E-state index in [1.54, 1.807) is 23.1 Å². The summed E-state index contributed by atoms with van der Waals surface area (Å²) in [4.78, 5) is 4.29. The summed E-state index contributed by atoms with van der Waals surface area (Å²) in [5.41, 5.74) is 0. The van der Waals surface area contributed by atoms with Gasteiger partial charge in [-0.25, -0.2) is 4.98 Å². The molecule has 0 aromatic carbocycles. The van der Waals surface area contributed by atoms with E-state index in [-0.39, 0.29) is 0 Å². The van der Waals surface area contributed by atoms with Gasteiger partial charge in [0.2, 0.25) is 0 Å². The van der Waals surface area contributed by atoms with Gasteiger partial charge in [0.25, 0.3) is 0 Å². The first-order valence-corrected chi connectivity index (χ1v) is 6.64. The second-order valence-electron chi connectivity index (χ2n) is 2.34. The Bertz CT molecular complexity index is 241. The summed E-state index contributed by atoms with van der Waals surface area (Å²) >= 11 is 12.4. The van der Waals surface area contributed by atoms with Crippen LogP contribution in [0.1, 0.15) is 13.3 Å². The van der Waals surface area contributed by atoms with E-state index >= 15 is 0 Å². The molecule has 0 saturated carbocycles. The number of thioether (sulfide) groups is 1. The highest BCUT2D eigenvalue weighted by Crippen LogP contribution is 2.29. The van der Waals surface area contributed by atoms with Crippen molar-refractivity contribution in [2.45, 2.75) is 22.9 Å². The number of halogens is 2. The molecule has 0 spiro atoms. The minimum Gasteiger partial charge on any atom is -0.223 e. The van der Waals surface area contributed by atoms with Crippen molar-refractivity contribution in [2.75, 3.05) is 5.88 Å². The van der Waals surface area contributed by atoms with Gasteiger partial charge >= 0.3 is 0 Å². The van der Waals surface area contributed by atoms with Gasteiger partial charge in [0, 0.05) is 16.5 Å². The largest absolute Gasteiger partial charge is 0.223 e. The quantitative estimate of drug-likeness (QED) is 0.612. The zero-order chi connectivity index (χ0) is 8.97. The fraction of sp³-hybridized carbons (Fsp3) is 0.571. The topological polar surface area (TPSA) is 12.9 Å². The maximum Gasteiger partial charge on any atom is 0.151 e. The summed E-state index contributed by atoms with van der Waals surface area (Å²) in [5.74, 6) is 0.723. The van der Waals surface area contributed by atoms with E-state index in [1.165, 1.54) is 0 Å². The zero-order valence-electron chi connectivity index (χ0n) is 6.59. The Balaban J connectivity index is 2.41. The number of rotatable bonds is 4. The molecule has 0 bridgehead atoms. The maximum atomic E-state index is 5.63. The first-order valence-electron chi connectivity index (χ1n) is 3.56. The molecule has 5 heteroatoms. The number of hydrogen-bond donors (Lipinski definition) is 0. The van der Waals surface area contributed by atoms with Gasteiger partial charge in [-0.1, -0.05) is 18.7 Å². The Morgan fingerprint density at radius 2 is 2.58 bits per heavy atom. The fourth-order valence-electron chi connectivity index (χ4n) is 0.678. The van der Waals surface area contributed by atoms with Crippen LogP contribution in [0.5, 0.6) is 0 Å². The first kappa shape index (κ1) is 10.8. The average molecular weight is 287 g/mol. The average Bonchev–Trinajstić information content (AvgIpc) is 2.36. The molecule has 0 aliphatic carbocycles. The van der Waals surface area contributed by atoms with Crippen LogP contribution in [0.15, 0.2) is 14.3 Å². The normalized spacial score (nSPS) is 13.2. The van der Waals surface area contributed by atoms with Gasteiger partial charge in [-0.2, -0.15) is 0 Å². The van der Waals surface area contributed by atoms with Gasteiger partial charge in [-0.15, -0.1) is 22.9 Å². The molecule has 1 atom stereocenters. The molecular weight excluding hydrogens is 278 g/mol. The zero-order valence-corrected chi connectivity index (χ0v) is 10.6. The van der Waals surface area contributed by atoms with Crippen LogP contribution in [0.4, 0.5) is 0 Å². The summed E-state index contributed by atoms with van der Waals surface area (Å²) in [6.45, 7) is 2.17. The van der Waals surface area contributed by atoms with E-state index < -0.39 is 0 Å². The van der Waals surface area contributed by atoms with Gasteiger partial charge in [-0.3, -0.25) is 0 Å². The maximum absolute atomic E-state index is 5.63. The summed E-state index contributed by atoms with van der Waals surface area (Å²) in [6, 6.07) is 0. The number of aromatic nitrogens is 1. The summed E-state index contributed by atoms with van der Waals surface area (Å²) in [6.07, 6.45) is 1.03. The summed E-state index contributed by atoms with van der Waals surface area (Å²) in [7, 11) is 0. The van der Waals surface area contributed by atoms with Crippen molar-refractivity contribution < 1.29 is 0 Å². The molecule has 1 nitrogen and oxygen atoms in total. The lowest BCUT2D eigenvalue weighted by Crippen LogP contribution is -1.95. The molecule has 0 fully saturated rings. The highest BCUT2D eigenvalue weighted by atomic mass is 79.9. The molecule has 12 heavy (non-hydrogen) atoms. The van der Waals surface area contributed by atoms with Crippen LogP contribution in [0.25, 0.3) is 0 Å². The molecule has 1 aromatic heterocycles. The monoisotopic (exact) mass is 285 g/mol. The molecule has 0 aliphatic heterocycles. The van der Waals surface area contributed by atoms with Crippen LogP contribution in [0.2, 0.25) is 0 Å². The number of thiazole rings is 1. The Kier molecular flexibility index (Phi) is 4.94. The highest BCUT2D eigenvalue weighted by Gasteiger charge is 2.06. The molecular formula is C7H9BrClNS2. The second kappa shape index (κ2) is 5.47. The van der Waals surface area contributed by atoms with Gasteiger partial charge < -0.3 is 0 Å². The molecule has 1 unspecified atom stereocenters. The lowest BCUT2D eigenvalue weighted by atomic mass is 10.4. The van der Waals surface area contributed by atoms with Crippen LogP contribution >= 0.6 is 50.6 Å². The molecule has 0 aliphatic rings. The number of alkyl halides is 1. The minimum absolute atomic E-state index is 0.556. The molecule has 1 rings (SSSR count). The van der Waals surface area contributed by atoms with Crippen molar-refractivity contribution in [3.8, 4) is 0 Å². The predicted molar refractivity (Wildman–Crippen MR) is 60.5 cm³/mol. The molecule has 1 heterocycles. The van der Waals surface area contributed by atoms with Gasteiger partial charge in [-0.05, 0) is 22.4 Å². The van der Waals surface area contributed by atoms with Gasteiger partial charge in [0.15, 0.2) is 4.34 Å². The number of nitrogens with zero attached hydrogens (tertiary/aromatic N) is 1. The smallest absolute Gasteiger partial charge is 0.151 e. The van der Waals surface area contributed by atoms with Crippen molar-refractivity contribution in [3.63, 3.8) is 0 Å². The fourth-order valence-corrected chi connectivity index (χ4v) is 3.82. The van der Waals surface area contributed by atoms with Crippen molar-refractivity contribution in [3.05, 3.63) is 9.98 Å². The Morgan fingerprint density at radius 3 is 3.08 bits per heavy atom. The lowest BCUT2D eigenvalue weighted by Gasteiger charge is -2.04. The second-order valence-corrected chi connectivity index (χ2v) is 6.08. The van der Waals surface area contributed by atoms with E-state index in [1.807, 2.05) is 5.38 Å². The number of hydrogen-bond acceptors (Lipinski definition) is 3. The minimum atomic E-state index is 0.556. The van der Waals surface area contributed by atoms with Crippen molar-refractivity contribution in [1.82, 2.24) is 4.98 Å².